The van der Waals surface area contributed by atoms with Gasteiger partial charge in [-0.2, -0.15) is 0 Å². The first-order chi connectivity index (χ1) is 10.1. The SMILES string of the molecule is O=C(O)/C(=C/c1ccccc1Cl)NC(=O)c1ccccc1. The Morgan fingerprint density at radius 3 is 2.24 bits per heavy atom. The summed E-state index contributed by atoms with van der Waals surface area (Å²) in [6.07, 6.45) is 1.32. The second-order valence-corrected chi connectivity index (χ2v) is 4.61. The largest absolute Gasteiger partial charge is 0.477 e. The minimum Gasteiger partial charge on any atom is -0.477 e. The smallest absolute Gasteiger partial charge is 0.352 e. The van der Waals surface area contributed by atoms with Gasteiger partial charge in [-0.15, -0.1) is 0 Å². The van der Waals surface area contributed by atoms with Crippen LogP contribution in [0.5, 0.6) is 0 Å². The highest BCUT2D eigenvalue weighted by atomic mass is 35.5. The van der Waals surface area contributed by atoms with Crippen LogP contribution in [0.25, 0.3) is 6.08 Å². The van der Waals surface area contributed by atoms with Crippen LogP contribution in [-0.4, -0.2) is 17.0 Å². The van der Waals surface area contributed by atoms with E-state index in [0.717, 1.165) is 0 Å². The first-order valence-electron chi connectivity index (χ1n) is 6.14. The lowest BCUT2D eigenvalue weighted by Gasteiger charge is -2.07. The molecule has 0 saturated carbocycles. The maximum absolute atomic E-state index is 12.0. The Hall–Kier alpha value is -2.59. The van der Waals surface area contributed by atoms with Gasteiger partial charge in [0.2, 0.25) is 0 Å². The van der Waals surface area contributed by atoms with Crippen molar-refractivity contribution < 1.29 is 14.7 Å². The van der Waals surface area contributed by atoms with E-state index < -0.39 is 11.9 Å². The molecule has 0 heterocycles. The zero-order chi connectivity index (χ0) is 15.2. The zero-order valence-corrected chi connectivity index (χ0v) is 11.7. The molecule has 2 aromatic carbocycles. The van der Waals surface area contributed by atoms with Crippen molar-refractivity contribution in [1.29, 1.82) is 0 Å². The molecule has 0 fully saturated rings. The topological polar surface area (TPSA) is 66.4 Å². The van der Waals surface area contributed by atoms with Gasteiger partial charge in [-0.05, 0) is 29.8 Å². The van der Waals surface area contributed by atoms with Crippen LogP contribution in [0.4, 0.5) is 0 Å². The molecule has 106 valence electrons. The number of hydrogen-bond acceptors (Lipinski definition) is 2. The molecular formula is C16H12ClNO3. The molecule has 5 heteroatoms. The Kier molecular flexibility index (Phi) is 4.74. The van der Waals surface area contributed by atoms with Gasteiger partial charge in [0, 0.05) is 10.6 Å². The van der Waals surface area contributed by atoms with Gasteiger partial charge in [-0.25, -0.2) is 4.79 Å². The van der Waals surface area contributed by atoms with Crippen LogP contribution in [-0.2, 0) is 4.79 Å². The van der Waals surface area contributed by atoms with Crippen molar-refractivity contribution in [2.75, 3.05) is 0 Å². The molecule has 1 amide bonds. The molecule has 2 N–H and O–H groups in total. The standard InChI is InChI=1S/C16H12ClNO3/c17-13-9-5-4-8-12(13)10-14(16(20)21)18-15(19)11-6-2-1-3-7-11/h1-10H,(H,18,19)(H,20,21)/b14-10-. The number of carbonyl (C=O) groups is 2. The van der Waals surface area contributed by atoms with Gasteiger partial charge in [-0.1, -0.05) is 48.0 Å². The van der Waals surface area contributed by atoms with Crippen LogP contribution >= 0.6 is 11.6 Å². The molecular weight excluding hydrogens is 290 g/mol. The van der Waals surface area contributed by atoms with Crippen molar-refractivity contribution in [3.05, 3.63) is 76.4 Å². The molecule has 0 spiro atoms. The van der Waals surface area contributed by atoms with Crippen LogP contribution in [0.15, 0.2) is 60.3 Å². The Morgan fingerprint density at radius 1 is 1.00 bits per heavy atom. The molecule has 0 bridgehead atoms. The van der Waals surface area contributed by atoms with E-state index in [-0.39, 0.29) is 5.70 Å². The molecule has 0 saturated heterocycles. The maximum Gasteiger partial charge on any atom is 0.352 e. The van der Waals surface area contributed by atoms with Gasteiger partial charge in [-0.3, -0.25) is 4.79 Å². The number of carboxylic acids is 1. The zero-order valence-electron chi connectivity index (χ0n) is 10.9. The average Bonchev–Trinajstić information content (AvgIpc) is 2.49. The van der Waals surface area contributed by atoms with Crippen LogP contribution in [0, 0.1) is 0 Å². The summed E-state index contributed by atoms with van der Waals surface area (Å²) in [6.45, 7) is 0. The summed E-state index contributed by atoms with van der Waals surface area (Å²) in [5.41, 5.74) is 0.658. The third-order valence-corrected chi connectivity index (χ3v) is 3.06. The van der Waals surface area contributed by atoms with Crippen molar-refractivity contribution in [3.63, 3.8) is 0 Å². The Morgan fingerprint density at radius 2 is 1.62 bits per heavy atom. The van der Waals surface area contributed by atoms with E-state index in [0.29, 0.717) is 16.1 Å². The van der Waals surface area contributed by atoms with E-state index in [1.54, 1.807) is 54.6 Å². The fourth-order valence-electron chi connectivity index (χ4n) is 1.68. The normalized spacial score (nSPS) is 11.0. The lowest BCUT2D eigenvalue weighted by atomic mass is 10.1. The number of nitrogens with one attached hydrogen (secondary N) is 1. The minimum absolute atomic E-state index is 0.239. The number of carbonyl (C=O) groups excluding carboxylic acids is 1. The average molecular weight is 302 g/mol. The van der Waals surface area contributed by atoms with Gasteiger partial charge >= 0.3 is 5.97 Å². The van der Waals surface area contributed by atoms with E-state index >= 15 is 0 Å². The number of benzene rings is 2. The van der Waals surface area contributed by atoms with E-state index in [4.69, 9.17) is 11.6 Å². The summed E-state index contributed by atoms with van der Waals surface area (Å²) in [4.78, 5) is 23.2. The van der Waals surface area contributed by atoms with Crippen molar-refractivity contribution in [3.8, 4) is 0 Å². The number of carboxylic acid groups (broad SMARTS) is 1. The third-order valence-electron chi connectivity index (χ3n) is 2.72. The second kappa shape index (κ2) is 6.72. The molecule has 4 nitrogen and oxygen atoms in total. The Bertz CT molecular complexity index is 696. The van der Waals surface area contributed by atoms with E-state index in [1.165, 1.54) is 6.08 Å². The summed E-state index contributed by atoms with van der Waals surface area (Å²) in [5, 5.41) is 12.0. The number of amides is 1. The van der Waals surface area contributed by atoms with E-state index in [9.17, 15) is 14.7 Å². The Labute approximate surface area is 126 Å². The number of halogens is 1. The van der Waals surface area contributed by atoms with Gasteiger partial charge in [0.25, 0.3) is 5.91 Å². The highest BCUT2D eigenvalue weighted by Gasteiger charge is 2.13. The molecule has 2 aromatic rings. The van der Waals surface area contributed by atoms with Crippen molar-refractivity contribution in [2.45, 2.75) is 0 Å². The summed E-state index contributed by atoms with van der Waals surface area (Å²) in [6, 6.07) is 15.2. The monoisotopic (exact) mass is 301 g/mol. The summed E-state index contributed by atoms with van der Waals surface area (Å²) < 4.78 is 0. The number of aliphatic carboxylic acids is 1. The van der Waals surface area contributed by atoms with Crippen LogP contribution in [0.2, 0.25) is 5.02 Å². The predicted octanol–water partition coefficient (Wildman–Crippen LogP) is 3.20. The maximum atomic E-state index is 12.0. The molecule has 0 aromatic heterocycles. The van der Waals surface area contributed by atoms with Crippen molar-refractivity contribution in [2.24, 2.45) is 0 Å². The minimum atomic E-state index is -1.24. The molecule has 0 aliphatic carbocycles. The van der Waals surface area contributed by atoms with Gasteiger partial charge in [0.15, 0.2) is 0 Å². The highest BCUT2D eigenvalue weighted by Crippen LogP contribution is 2.17. The lowest BCUT2D eigenvalue weighted by molar-refractivity contribution is -0.132. The quantitative estimate of drug-likeness (QED) is 0.852. The fourth-order valence-corrected chi connectivity index (χ4v) is 1.87. The lowest BCUT2D eigenvalue weighted by Crippen LogP contribution is -2.27. The van der Waals surface area contributed by atoms with Gasteiger partial charge in [0.05, 0.1) is 0 Å². The summed E-state index contributed by atoms with van der Waals surface area (Å²) in [7, 11) is 0. The summed E-state index contributed by atoms with van der Waals surface area (Å²) >= 11 is 5.98. The molecule has 0 radical (unpaired) electrons. The highest BCUT2D eigenvalue weighted by molar-refractivity contribution is 6.32. The molecule has 0 unspecified atom stereocenters. The van der Waals surface area contributed by atoms with Gasteiger partial charge in [0.1, 0.15) is 5.70 Å². The van der Waals surface area contributed by atoms with Crippen LogP contribution in [0.1, 0.15) is 15.9 Å². The molecule has 0 aliphatic heterocycles. The van der Waals surface area contributed by atoms with E-state index in [2.05, 4.69) is 5.32 Å². The molecule has 0 aliphatic rings. The first-order valence-corrected chi connectivity index (χ1v) is 6.51. The first kappa shape index (κ1) is 14.8. The van der Waals surface area contributed by atoms with Crippen LogP contribution in [0.3, 0.4) is 0 Å². The summed E-state index contributed by atoms with van der Waals surface area (Å²) in [5.74, 6) is -1.73. The Balaban J connectivity index is 2.27. The molecule has 21 heavy (non-hydrogen) atoms. The predicted molar refractivity (Wildman–Crippen MR) is 81.0 cm³/mol. The number of rotatable bonds is 4. The molecule has 0 atom stereocenters. The van der Waals surface area contributed by atoms with Gasteiger partial charge < -0.3 is 10.4 Å². The number of hydrogen-bond donors (Lipinski definition) is 2. The second-order valence-electron chi connectivity index (χ2n) is 4.20. The van der Waals surface area contributed by atoms with E-state index in [1.807, 2.05) is 0 Å². The van der Waals surface area contributed by atoms with Crippen LogP contribution < -0.4 is 5.32 Å². The fraction of sp³-hybridized carbons (Fsp3) is 0. The molecule has 2 rings (SSSR count). The third kappa shape index (κ3) is 3.94. The van der Waals surface area contributed by atoms with Crippen molar-refractivity contribution in [1.82, 2.24) is 5.32 Å². The van der Waals surface area contributed by atoms with Crippen molar-refractivity contribution >= 4 is 29.6 Å².